The van der Waals surface area contributed by atoms with Crippen LogP contribution in [-0.4, -0.2) is 25.2 Å². The lowest BCUT2D eigenvalue weighted by Gasteiger charge is -2.32. The summed E-state index contributed by atoms with van der Waals surface area (Å²) in [6, 6.07) is 11.9. The zero-order chi connectivity index (χ0) is 21.5. The minimum absolute atomic E-state index is 0.151. The van der Waals surface area contributed by atoms with Gasteiger partial charge in [0.05, 0.1) is 19.1 Å². The molecule has 9 heteroatoms. The first-order valence-corrected chi connectivity index (χ1v) is 9.34. The molecule has 0 spiro atoms. The van der Waals surface area contributed by atoms with Gasteiger partial charge in [-0.1, -0.05) is 36.4 Å². The van der Waals surface area contributed by atoms with Crippen LogP contribution < -0.4 is 5.32 Å². The zero-order valence-electron chi connectivity index (χ0n) is 15.9. The Hall–Kier alpha value is -3.23. The smallest absolute Gasteiger partial charge is 0.442 e. The summed E-state index contributed by atoms with van der Waals surface area (Å²) in [6.45, 7) is 0. The molecule has 0 bridgehead atoms. The van der Waals surface area contributed by atoms with E-state index in [4.69, 9.17) is 4.74 Å². The van der Waals surface area contributed by atoms with Crippen LogP contribution in [-0.2, 0) is 21.6 Å². The summed E-state index contributed by atoms with van der Waals surface area (Å²) < 4.78 is 44.3. The molecule has 0 saturated heterocycles. The molecule has 156 valence electrons. The number of nitrogens with one attached hydrogen (secondary N) is 1. The van der Waals surface area contributed by atoms with Crippen LogP contribution in [0.25, 0.3) is 0 Å². The molecule has 1 aliphatic heterocycles. The number of hydrogen-bond acceptors (Lipinski definition) is 5. The van der Waals surface area contributed by atoms with E-state index in [0.29, 0.717) is 12.8 Å². The topological polar surface area (TPSA) is 80.1 Å². The van der Waals surface area contributed by atoms with E-state index >= 15 is 0 Å². The average molecular weight is 417 g/mol. The third-order valence-corrected chi connectivity index (χ3v) is 5.55. The highest BCUT2D eigenvalue weighted by atomic mass is 19.4. The van der Waals surface area contributed by atoms with E-state index in [-0.39, 0.29) is 11.1 Å². The first-order valence-electron chi connectivity index (χ1n) is 9.34. The Labute approximate surface area is 170 Å². The van der Waals surface area contributed by atoms with Gasteiger partial charge in [0.2, 0.25) is 0 Å². The second kappa shape index (κ2) is 7.23. The summed E-state index contributed by atoms with van der Waals surface area (Å²) in [5, 5.41) is 9.16. The van der Waals surface area contributed by atoms with Crippen LogP contribution in [0.5, 0.6) is 0 Å². The second-order valence-electron chi connectivity index (χ2n) is 7.27. The summed E-state index contributed by atoms with van der Waals surface area (Å²) in [7, 11) is 1.30. The van der Waals surface area contributed by atoms with E-state index in [1.807, 2.05) is 24.3 Å². The molecule has 0 saturated carbocycles. The first kappa shape index (κ1) is 20.1. The maximum Gasteiger partial charge on any atom is 0.442 e. The maximum absolute atomic E-state index is 13.1. The molecule has 1 amide bonds. The van der Waals surface area contributed by atoms with E-state index in [2.05, 4.69) is 15.5 Å². The number of nitrogens with zero attached hydrogens (tertiary/aromatic N) is 2. The van der Waals surface area contributed by atoms with Gasteiger partial charge in [0.1, 0.15) is 0 Å². The molecule has 2 aromatic carbocycles. The van der Waals surface area contributed by atoms with Gasteiger partial charge in [0, 0.05) is 11.1 Å². The lowest BCUT2D eigenvalue weighted by molar-refractivity contribution is -0.166. The van der Waals surface area contributed by atoms with Crippen molar-refractivity contribution < 1.29 is 27.5 Å². The van der Waals surface area contributed by atoms with E-state index in [9.17, 15) is 22.8 Å². The number of rotatable bonds is 4. The molecule has 30 heavy (non-hydrogen) atoms. The highest BCUT2D eigenvalue weighted by Crippen LogP contribution is 2.52. The normalized spacial score (nSPS) is 21.5. The number of benzene rings is 2. The van der Waals surface area contributed by atoms with E-state index in [1.165, 1.54) is 31.4 Å². The minimum Gasteiger partial charge on any atom is -0.469 e. The van der Waals surface area contributed by atoms with Crippen molar-refractivity contribution in [3.63, 3.8) is 0 Å². The van der Waals surface area contributed by atoms with Crippen molar-refractivity contribution in [1.29, 1.82) is 0 Å². The summed E-state index contributed by atoms with van der Waals surface area (Å²) >= 11 is 0. The number of ether oxygens (including phenoxy) is 1. The molecule has 0 fully saturated rings. The molecule has 1 aliphatic carbocycles. The Bertz CT molecular complexity index is 1010. The molecule has 2 atom stereocenters. The summed E-state index contributed by atoms with van der Waals surface area (Å²) in [6.07, 6.45) is -3.43. The van der Waals surface area contributed by atoms with Crippen molar-refractivity contribution >= 4 is 11.9 Å². The Morgan fingerprint density at radius 2 is 1.77 bits per heavy atom. The minimum atomic E-state index is -4.63. The predicted octanol–water partition coefficient (Wildman–Crippen LogP) is 4.07. The highest BCUT2D eigenvalue weighted by molar-refractivity contribution is 5.95. The van der Waals surface area contributed by atoms with Crippen molar-refractivity contribution in [2.45, 2.75) is 30.7 Å². The monoisotopic (exact) mass is 417 g/mol. The Balaban J connectivity index is 1.57. The number of carbonyl (C=O) groups is 2. The molecular weight excluding hydrogens is 399 g/mol. The van der Waals surface area contributed by atoms with E-state index in [1.54, 1.807) is 0 Å². The maximum atomic E-state index is 13.1. The van der Waals surface area contributed by atoms with E-state index in [0.717, 1.165) is 11.1 Å². The summed E-state index contributed by atoms with van der Waals surface area (Å²) in [5.41, 5.74) is -0.649. The quantitative estimate of drug-likeness (QED) is 0.762. The van der Waals surface area contributed by atoms with Crippen LogP contribution in [0.3, 0.4) is 0 Å². The number of alkyl halides is 3. The molecule has 1 N–H and O–H groups in total. The van der Waals surface area contributed by atoms with Gasteiger partial charge in [0.15, 0.2) is 0 Å². The van der Waals surface area contributed by atoms with Crippen molar-refractivity contribution in [1.82, 2.24) is 5.32 Å². The van der Waals surface area contributed by atoms with Crippen LogP contribution in [0.4, 0.5) is 13.2 Å². The fraction of sp³-hybridized carbons (Fsp3) is 0.333. The molecule has 1 heterocycles. The molecule has 6 nitrogen and oxygen atoms in total. The molecule has 4 rings (SSSR count). The average Bonchev–Trinajstić information content (AvgIpc) is 3.56. The first-order chi connectivity index (χ1) is 14.3. The van der Waals surface area contributed by atoms with Gasteiger partial charge in [-0.2, -0.15) is 13.2 Å². The third-order valence-electron chi connectivity index (χ3n) is 5.55. The molecule has 0 radical (unpaired) electrons. The van der Waals surface area contributed by atoms with Gasteiger partial charge >= 0.3 is 17.8 Å². The van der Waals surface area contributed by atoms with Crippen LogP contribution in [0.1, 0.15) is 39.5 Å². The molecule has 0 aromatic heterocycles. The predicted molar refractivity (Wildman–Crippen MR) is 99.5 cm³/mol. The number of methoxy groups -OCH3 is 1. The molecular formula is C21H18F3N3O3. The van der Waals surface area contributed by atoms with Gasteiger partial charge in [0.25, 0.3) is 5.91 Å². The fourth-order valence-electron chi connectivity index (χ4n) is 3.86. The number of esters is 1. The SMILES string of the molecule is COC(=O)[C@@H]1CCc2ccccc2[C@@H]1NC(=O)c1ccc(C2(C(F)(F)F)N=N2)cc1. The molecule has 0 unspecified atom stereocenters. The van der Waals surface area contributed by atoms with Gasteiger partial charge in [-0.25, -0.2) is 0 Å². The fourth-order valence-corrected chi connectivity index (χ4v) is 3.86. The molecule has 2 aromatic rings. The van der Waals surface area contributed by atoms with Crippen LogP contribution in [0, 0.1) is 5.92 Å². The number of fused-ring (bicyclic) bond motifs is 1. The largest absolute Gasteiger partial charge is 0.469 e. The Morgan fingerprint density at radius 1 is 1.10 bits per heavy atom. The van der Waals surface area contributed by atoms with Gasteiger partial charge in [-0.15, -0.1) is 10.2 Å². The number of hydrogen-bond donors (Lipinski definition) is 1. The number of amides is 1. The number of carbonyl (C=O) groups excluding carboxylic acids is 2. The van der Waals surface area contributed by atoms with Gasteiger partial charge < -0.3 is 10.1 Å². The van der Waals surface area contributed by atoms with Crippen LogP contribution >= 0.6 is 0 Å². The highest BCUT2D eigenvalue weighted by Gasteiger charge is 2.65. The summed E-state index contributed by atoms with van der Waals surface area (Å²) in [4.78, 5) is 25.1. The Morgan fingerprint density at radius 3 is 2.37 bits per heavy atom. The van der Waals surface area contributed by atoms with Crippen molar-refractivity contribution in [2.24, 2.45) is 16.1 Å². The van der Waals surface area contributed by atoms with Gasteiger partial charge in [-0.05, 0) is 36.1 Å². The zero-order valence-corrected chi connectivity index (χ0v) is 15.9. The van der Waals surface area contributed by atoms with Crippen LogP contribution in [0.2, 0.25) is 0 Å². The summed E-state index contributed by atoms with van der Waals surface area (Å²) in [5.74, 6) is -1.47. The van der Waals surface area contributed by atoms with E-state index < -0.39 is 35.7 Å². The molecule has 2 aliphatic rings. The lowest BCUT2D eigenvalue weighted by atomic mass is 9.79. The Kier molecular flexibility index (Phi) is 4.83. The van der Waals surface area contributed by atoms with Gasteiger partial charge in [-0.3, -0.25) is 9.59 Å². The lowest BCUT2D eigenvalue weighted by Crippen LogP contribution is -2.40. The van der Waals surface area contributed by atoms with Crippen molar-refractivity contribution in [3.8, 4) is 0 Å². The second-order valence-corrected chi connectivity index (χ2v) is 7.27. The van der Waals surface area contributed by atoms with Crippen molar-refractivity contribution in [2.75, 3.05) is 7.11 Å². The number of aryl methyl sites for hydroxylation is 1. The standard InChI is InChI=1S/C21H18F3N3O3/c1-30-19(29)16-11-8-12-4-2-3-5-15(12)17(16)25-18(28)13-6-9-14(10-7-13)20(26-27-20)21(22,23)24/h2-7,9-10,16-17H,8,11H2,1H3,(H,25,28)/t16-,17+/m1/s1. The third kappa shape index (κ3) is 3.34. The number of halogens is 3. The van der Waals surface area contributed by atoms with Crippen molar-refractivity contribution in [3.05, 3.63) is 70.8 Å². The van der Waals surface area contributed by atoms with Crippen LogP contribution in [0.15, 0.2) is 58.8 Å².